The van der Waals surface area contributed by atoms with Crippen molar-refractivity contribution in [1.82, 2.24) is 25.0 Å². The molecule has 1 fully saturated rings. The van der Waals surface area contributed by atoms with Crippen molar-refractivity contribution < 1.29 is 31.8 Å². The van der Waals surface area contributed by atoms with Crippen LogP contribution in [0.2, 0.25) is 0 Å². The number of alkyl halides is 4. The summed E-state index contributed by atoms with van der Waals surface area (Å²) in [6.07, 6.45) is -2.19. The van der Waals surface area contributed by atoms with Gasteiger partial charge in [-0.3, -0.25) is 9.89 Å². The lowest BCUT2D eigenvalue weighted by molar-refractivity contribution is -0.138. The molecule has 4 heterocycles. The van der Waals surface area contributed by atoms with E-state index in [0.29, 0.717) is 11.3 Å². The second-order valence-electron chi connectivity index (χ2n) is 9.28. The number of hydrogen-bond acceptors (Lipinski definition) is 6. The lowest BCUT2D eigenvalue weighted by atomic mass is 9.74. The summed E-state index contributed by atoms with van der Waals surface area (Å²) in [6.45, 7) is -0.151. The van der Waals surface area contributed by atoms with Crippen LogP contribution in [-0.4, -0.2) is 44.1 Å². The number of aromatic amines is 1. The van der Waals surface area contributed by atoms with E-state index in [1.807, 2.05) is 0 Å². The van der Waals surface area contributed by atoms with Crippen LogP contribution in [0.25, 0.3) is 0 Å². The van der Waals surface area contributed by atoms with Gasteiger partial charge >= 0.3 is 6.18 Å². The smallest absolute Gasteiger partial charge is 0.416 e. The largest absolute Gasteiger partial charge is 0.454 e. The van der Waals surface area contributed by atoms with E-state index in [0.717, 1.165) is 6.07 Å². The Morgan fingerprint density at radius 3 is 2.63 bits per heavy atom. The van der Waals surface area contributed by atoms with E-state index in [-0.39, 0.29) is 48.2 Å². The molecule has 6 rings (SSSR count). The topological polar surface area (TPSA) is 98.2 Å². The molecule has 2 aromatic carbocycles. The minimum absolute atomic E-state index is 0.0750. The number of nitrogens with zero attached hydrogens (tertiary/aromatic N) is 5. The number of halogens is 4. The highest BCUT2D eigenvalue weighted by molar-refractivity contribution is 6.10. The molecule has 196 valence electrons. The van der Waals surface area contributed by atoms with E-state index in [1.165, 1.54) is 34.3 Å². The maximum Gasteiger partial charge on any atom is 0.416 e. The second-order valence-corrected chi connectivity index (χ2v) is 9.28. The first-order valence-electron chi connectivity index (χ1n) is 11.6. The summed E-state index contributed by atoms with van der Waals surface area (Å²) in [5.41, 5.74) is -1.43. The number of carbonyl (C=O) groups is 1. The van der Waals surface area contributed by atoms with Gasteiger partial charge in [-0.05, 0) is 35.4 Å². The number of aryl methyl sites for hydroxylation is 1. The molecular weight excluding hydrogens is 508 g/mol. The summed E-state index contributed by atoms with van der Waals surface area (Å²) >= 11 is 0. The summed E-state index contributed by atoms with van der Waals surface area (Å²) in [7, 11) is 1.63. The third kappa shape index (κ3) is 3.81. The third-order valence-electron chi connectivity index (χ3n) is 6.94. The van der Waals surface area contributed by atoms with Crippen molar-refractivity contribution in [1.29, 1.82) is 0 Å². The van der Waals surface area contributed by atoms with E-state index in [9.17, 15) is 18.0 Å². The Labute approximate surface area is 213 Å². The fraction of sp³-hybridized carbons (Fsp3) is 0.280. The summed E-state index contributed by atoms with van der Waals surface area (Å²) < 4.78 is 70.2. The Kier molecular flexibility index (Phi) is 5.49. The molecule has 1 amide bonds. The van der Waals surface area contributed by atoms with Crippen molar-refractivity contribution >= 4 is 11.6 Å². The van der Waals surface area contributed by atoms with Gasteiger partial charge in [0.05, 0.1) is 43.1 Å². The third-order valence-corrected chi connectivity index (χ3v) is 6.94. The molecule has 1 saturated heterocycles. The zero-order valence-corrected chi connectivity index (χ0v) is 19.9. The quantitative estimate of drug-likeness (QED) is 0.371. The Bertz CT molecular complexity index is 1510. The molecule has 4 aromatic rings. The molecule has 2 aromatic heterocycles. The summed E-state index contributed by atoms with van der Waals surface area (Å²) in [6, 6.07) is 8.73. The molecule has 2 aliphatic rings. The molecule has 2 aliphatic heterocycles. The minimum atomic E-state index is -4.72. The van der Waals surface area contributed by atoms with Gasteiger partial charge in [-0.15, -0.1) is 10.2 Å². The fourth-order valence-corrected chi connectivity index (χ4v) is 4.87. The van der Waals surface area contributed by atoms with Gasteiger partial charge in [-0.25, -0.2) is 4.39 Å². The average Bonchev–Trinajstić information content (AvgIpc) is 3.59. The Morgan fingerprint density at radius 2 is 2.00 bits per heavy atom. The van der Waals surface area contributed by atoms with Crippen LogP contribution in [0, 0.1) is 0 Å². The highest BCUT2D eigenvalue weighted by Crippen LogP contribution is 2.47. The highest BCUT2D eigenvalue weighted by Gasteiger charge is 2.51. The summed E-state index contributed by atoms with van der Waals surface area (Å²) in [5, 5.41) is 13.9. The maximum atomic E-state index is 15.8. The standard InChI is InChI=1S/C25H20F4N6O3/c1-34-13-32-33-22(34)21(26)24(11-37-12-24)14-3-2-4-15(5-14)35-10-19-18(23(35)36)6-16(7-20(19)25(27,28)29)38-17-8-30-31-9-17/h2-9,13,21H,10-12H2,1H3,(H,30,31)/t21-/m0/s1. The number of aromatic nitrogens is 5. The van der Waals surface area contributed by atoms with Gasteiger partial charge in [-0.2, -0.15) is 18.3 Å². The molecule has 0 aliphatic carbocycles. The van der Waals surface area contributed by atoms with Crippen LogP contribution in [0.15, 0.2) is 55.1 Å². The van der Waals surface area contributed by atoms with Crippen LogP contribution in [-0.2, 0) is 29.9 Å². The fourth-order valence-electron chi connectivity index (χ4n) is 4.87. The van der Waals surface area contributed by atoms with E-state index >= 15 is 4.39 Å². The number of H-pyrrole nitrogens is 1. The Hall–Kier alpha value is -4.26. The first kappa shape index (κ1) is 24.1. The molecule has 0 bridgehead atoms. The Balaban J connectivity index is 1.36. The van der Waals surface area contributed by atoms with Crippen LogP contribution in [0.3, 0.4) is 0 Å². The maximum absolute atomic E-state index is 15.8. The molecule has 9 nitrogen and oxygen atoms in total. The molecule has 0 saturated carbocycles. The zero-order chi connectivity index (χ0) is 26.7. The summed E-state index contributed by atoms with van der Waals surface area (Å²) in [5.74, 6) is -0.437. The zero-order valence-electron chi connectivity index (χ0n) is 19.9. The number of anilines is 1. The predicted molar refractivity (Wildman–Crippen MR) is 124 cm³/mol. The number of carbonyl (C=O) groups excluding carboxylic acids is 1. The highest BCUT2D eigenvalue weighted by atomic mass is 19.4. The number of amides is 1. The predicted octanol–water partition coefficient (Wildman–Crippen LogP) is 4.49. The van der Waals surface area contributed by atoms with Crippen molar-refractivity contribution in [2.75, 3.05) is 18.1 Å². The molecule has 13 heteroatoms. The van der Waals surface area contributed by atoms with Crippen molar-refractivity contribution in [3.8, 4) is 11.5 Å². The molecule has 0 unspecified atom stereocenters. The molecule has 38 heavy (non-hydrogen) atoms. The van der Waals surface area contributed by atoms with E-state index in [4.69, 9.17) is 9.47 Å². The van der Waals surface area contributed by atoms with Crippen LogP contribution in [0.4, 0.5) is 23.2 Å². The van der Waals surface area contributed by atoms with Crippen molar-refractivity contribution in [2.45, 2.75) is 24.3 Å². The minimum Gasteiger partial charge on any atom is -0.454 e. The van der Waals surface area contributed by atoms with Crippen LogP contribution in [0.1, 0.15) is 39.0 Å². The first-order chi connectivity index (χ1) is 18.2. The van der Waals surface area contributed by atoms with Crippen molar-refractivity contribution in [2.24, 2.45) is 7.05 Å². The number of benzene rings is 2. The van der Waals surface area contributed by atoms with Gasteiger partial charge in [-0.1, -0.05) is 12.1 Å². The van der Waals surface area contributed by atoms with Gasteiger partial charge in [0.1, 0.15) is 12.1 Å². The van der Waals surface area contributed by atoms with Crippen molar-refractivity contribution in [3.05, 3.63) is 83.2 Å². The van der Waals surface area contributed by atoms with Gasteiger partial charge in [0.25, 0.3) is 5.91 Å². The van der Waals surface area contributed by atoms with Crippen LogP contribution in [0.5, 0.6) is 11.5 Å². The van der Waals surface area contributed by atoms with Crippen LogP contribution >= 0.6 is 0 Å². The van der Waals surface area contributed by atoms with Gasteiger partial charge in [0.2, 0.25) is 0 Å². The summed E-state index contributed by atoms with van der Waals surface area (Å²) in [4.78, 5) is 14.6. The van der Waals surface area contributed by atoms with Gasteiger partial charge < -0.3 is 18.9 Å². The molecule has 0 spiro atoms. The number of fused-ring (bicyclic) bond motifs is 1. The van der Waals surface area contributed by atoms with E-state index in [1.54, 1.807) is 31.3 Å². The average molecular weight is 528 g/mol. The number of nitrogens with one attached hydrogen (secondary N) is 1. The molecule has 1 atom stereocenters. The lowest BCUT2D eigenvalue weighted by Crippen LogP contribution is -2.50. The monoisotopic (exact) mass is 528 g/mol. The SMILES string of the molecule is Cn1cnnc1[C@H](F)C1(c2cccc(N3Cc4c(cc(Oc5cn[nH]c5)cc4C(F)(F)F)C3=O)c2)COC1. The number of ether oxygens (including phenoxy) is 2. The first-order valence-corrected chi connectivity index (χ1v) is 11.6. The normalized spacial score (nSPS) is 17.3. The molecule has 1 N–H and O–H groups in total. The number of hydrogen-bond donors (Lipinski definition) is 1. The van der Waals surface area contributed by atoms with E-state index in [2.05, 4.69) is 20.4 Å². The van der Waals surface area contributed by atoms with Gasteiger partial charge in [0, 0.05) is 18.3 Å². The molecular formula is C25H20F4N6O3. The van der Waals surface area contributed by atoms with Crippen LogP contribution < -0.4 is 9.64 Å². The van der Waals surface area contributed by atoms with Crippen molar-refractivity contribution in [3.63, 3.8) is 0 Å². The van der Waals surface area contributed by atoms with Gasteiger partial charge in [0.15, 0.2) is 17.7 Å². The second kappa shape index (κ2) is 8.65. The Morgan fingerprint density at radius 1 is 1.18 bits per heavy atom. The number of rotatable bonds is 6. The van der Waals surface area contributed by atoms with E-state index < -0.39 is 29.2 Å². The molecule has 0 radical (unpaired) electrons. The lowest BCUT2D eigenvalue weighted by Gasteiger charge is -2.43.